The second kappa shape index (κ2) is 12.7. The summed E-state index contributed by atoms with van der Waals surface area (Å²) in [4.78, 5) is 65.5. The van der Waals surface area contributed by atoms with Crippen LogP contribution in [0.3, 0.4) is 0 Å². The second-order valence-electron chi connectivity index (χ2n) is 9.52. The van der Waals surface area contributed by atoms with E-state index in [0.29, 0.717) is 17.9 Å². The summed E-state index contributed by atoms with van der Waals surface area (Å²) in [7, 11) is 2.80. The molecule has 2 fully saturated rings. The van der Waals surface area contributed by atoms with Crippen molar-refractivity contribution in [3.63, 3.8) is 0 Å². The van der Waals surface area contributed by atoms with Crippen molar-refractivity contribution in [2.45, 2.75) is 78.2 Å². The van der Waals surface area contributed by atoms with Gasteiger partial charge in [0.2, 0.25) is 29.5 Å². The average Bonchev–Trinajstić information content (AvgIpc) is 2.76. The first kappa shape index (κ1) is 28.3. The smallest absolute Gasteiger partial charge is 0.244 e. The third kappa shape index (κ3) is 7.27. The summed E-state index contributed by atoms with van der Waals surface area (Å²) in [6.45, 7) is 10.9. The molecule has 2 bridgehead atoms. The molecule has 5 N–H and O–H groups in total. The summed E-state index contributed by atoms with van der Waals surface area (Å²) >= 11 is 0. The monoisotopic (exact) mass is 515 g/mol. The summed E-state index contributed by atoms with van der Waals surface area (Å²) in [6, 6.07) is -4.41. The Kier molecular flexibility index (Phi) is 10.5. The van der Waals surface area contributed by atoms with E-state index in [-0.39, 0.29) is 17.8 Å². The van der Waals surface area contributed by atoms with Gasteiger partial charge in [-0.05, 0) is 17.8 Å². The number of carbonyl (C=O) groups excluding carboxylic acids is 5. The molecule has 0 spiro atoms. The predicted octanol–water partition coefficient (Wildman–Crippen LogP) is 0.177. The number of rotatable bonds is 4. The van der Waals surface area contributed by atoms with Crippen LogP contribution in [0.25, 0.3) is 0 Å². The molecule has 0 radical (unpaired) electrons. The van der Waals surface area contributed by atoms with Crippen LogP contribution in [-0.4, -0.2) is 71.3 Å². The Bertz CT molecular complexity index is 794. The Morgan fingerprint density at radius 1 is 0.618 bits per heavy atom. The Labute approximate surface area is 209 Å². The van der Waals surface area contributed by atoms with E-state index in [1.54, 1.807) is 27.7 Å². The van der Waals surface area contributed by atoms with Crippen LogP contribution in [0.5, 0.6) is 0 Å². The molecule has 10 nitrogen and oxygen atoms in total. The highest BCUT2D eigenvalue weighted by Crippen LogP contribution is 2.25. The summed E-state index contributed by atoms with van der Waals surface area (Å²) < 4.78 is 0. The highest BCUT2D eigenvalue weighted by molar-refractivity contribution is 8.76. The zero-order valence-electron chi connectivity index (χ0n) is 20.6. The Balaban J connectivity index is 2.49. The summed E-state index contributed by atoms with van der Waals surface area (Å²) in [5.41, 5.74) is 0. The zero-order chi connectivity index (χ0) is 25.6. The van der Waals surface area contributed by atoms with Crippen LogP contribution in [0.1, 0.15) is 48.0 Å². The van der Waals surface area contributed by atoms with Gasteiger partial charge in [-0.1, -0.05) is 69.6 Å². The van der Waals surface area contributed by atoms with Crippen LogP contribution < -0.4 is 26.6 Å². The lowest BCUT2D eigenvalue weighted by Crippen LogP contribution is -2.60. The molecule has 2 aliphatic rings. The van der Waals surface area contributed by atoms with Crippen LogP contribution in [0.4, 0.5) is 0 Å². The van der Waals surface area contributed by atoms with Crippen molar-refractivity contribution in [3.8, 4) is 0 Å². The van der Waals surface area contributed by atoms with Crippen LogP contribution >= 0.6 is 21.6 Å². The largest absolute Gasteiger partial charge is 0.342 e. The Hall–Kier alpha value is -1.95. The molecule has 34 heavy (non-hydrogen) atoms. The standard InChI is InChI=1S/C22H37N5O5S2/c1-7-12(6)17-22(32)26-16(11(4)5)21(31)25-15(10(2)3)20(30)24-13-8-33-34-9-14(19(29)27-17)23-18(13)28/h10-17H,7-9H2,1-6H3,(H,23,28)(H,24,30)(H,25,31)(H,26,32)(H,27,29)/t12-,13+,14+,15-,16+,17-/m0/s1. The molecule has 0 unspecified atom stereocenters. The third-order valence-corrected chi connectivity index (χ3v) is 8.53. The lowest BCUT2D eigenvalue weighted by Gasteiger charge is -2.30. The van der Waals surface area contributed by atoms with Crippen molar-refractivity contribution in [1.82, 2.24) is 26.6 Å². The molecule has 5 amide bonds. The summed E-state index contributed by atoms with van der Waals surface area (Å²) in [6.07, 6.45) is 0.619. The van der Waals surface area contributed by atoms with Crippen molar-refractivity contribution >= 4 is 51.1 Å². The van der Waals surface area contributed by atoms with Crippen molar-refractivity contribution in [3.05, 3.63) is 0 Å². The maximum absolute atomic E-state index is 13.2. The molecule has 2 heterocycles. The quantitative estimate of drug-likeness (QED) is 0.336. The van der Waals surface area contributed by atoms with Crippen LogP contribution in [-0.2, 0) is 24.0 Å². The predicted molar refractivity (Wildman–Crippen MR) is 134 cm³/mol. The van der Waals surface area contributed by atoms with Gasteiger partial charge in [0, 0.05) is 11.5 Å². The summed E-state index contributed by atoms with van der Waals surface area (Å²) in [5, 5.41) is 13.8. The van der Waals surface area contributed by atoms with Crippen molar-refractivity contribution in [2.24, 2.45) is 17.8 Å². The fourth-order valence-electron chi connectivity index (χ4n) is 3.64. The van der Waals surface area contributed by atoms with Gasteiger partial charge < -0.3 is 26.6 Å². The normalized spacial score (nSPS) is 30.7. The average molecular weight is 516 g/mol. The minimum Gasteiger partial charge on any atom is -0.342 e. The number of hydrogen-bond donors (Lipinski definition) is 5. The number of amides is 5. The minimum absolute atomic E-state index is 0.207. The minimum atomic E-state index is -0.900. The molecule has 2 aliphatic heterocycles. The number of fused-ring (bicyclic) bond motifs is 3. The Morgan fingerprint density at radius 3 is 1.41 bits per heavy atom. The van der Waals surface area contributed by atoms with Gasteiger partial charge in [0.15, 0.2) is 0 Å². The van der Waals surface area contributed by atoms with E-state index in [4.69, 9.17) is 0 Å². The maximum Gasteiger partial charge on any atom is 0.244 e. The fraction of sp³-hybridized carbons (Fsp3) is 0.773. The van der Waals surface area contributed by atoms with Gasteiger partial charge in [-0.3, -0.25) is 24.0 Å². The van der Waals surface area contributed by atoms with E-state index in [2.05, 4.69) is 26.6 Å². The molecule has 0 aromatic carbocycles. The lowest BCUT2D eigenvalue weighted by atomic mass is 9.95. The highest BCUT2D eigenvalue weighted by atomic mass is 33.1. The molecular weight excluding hydrogens is 478 g/mol. The molecule has 0 saturated carbocycles. The molecule has 2 saturated heterocycles. The van der Waals surface area contributed by atoms with Gasteiger partial charge in [0.05, 0.1) is 0 Å². The van der Waals surface area contributed by atoms with Crippen LogP contribution in [0.15, 0.2) is 0 Å². The number of hydrogen-bond acceptors (Lipinski definition) is 7. The molecule has 12 heteroatoms. The van der Waals surface area contributed by atoms with E-state index < -0.39 is 59.7 Å². The van der Waals surface area contributed by atoms with Gasteiger partial charge in [0.25, 0.3) is 0 Å². The first-order valence-electron chi connectivity index (χ1n) is 11.7. The SMILES string of the molecule is CC[C@H](C)[C@@H]1NC(=O)[C@H]2CSSC[C@@H](NC(=O)[C@H](C(C)C)NC(=O)[C@@H](C(C)C)NC1=O)C(=O)N2. The van der Waals surface area contributed by atoms with Crippen molar-refractivity contribution < 1.29 is 24.0 Å². The van der Waals surface area contributed by atoms with Gasteiger partial charge >= 0.3 is 0 Å². The lowest BCUT2D eigenvalue weighted by molar-refractivity contribution is -0.135. The van der Waals surface area contributed by atoms with E-state index in [1.807, 2.05) is 13.8 Å². The summed E-state index contributed by atoms with van der Waals surface area (Å²) in [5.74, 6) is -2.50. The van der Waals surface area contributed by atoms with E-state index >= 15 is 0 Å². The topological polar surface area (TPSA) is 146 Å². The van der Waals surface area contributed by atoms with Crippen molar-refractivity contribution in [2.75, 3.05) is 11.5 Å². The molecule has 0 aromatic rings. The number of nitrogens with one attached hydrogen (secondary N) is 5. The van der Waals surface area contributed by atoms with Crippen LogP contribution in [0.2, 0.25) is 0 Å². The molecule has 0 aliphatic carbocycles. The maximum atomic E-state index is 13.2. The van der Waals surface area contributed by atoms with Gasteiger partial charge in [-0.25, -0.2) is 0 Å². The molecule has 0 aromatic heterocycles. The third-order valence-electron chi connectivity index (χ3n) is 6.11. The molecular formula is C22H37N5O5S2. The number of carbonyl (C=O) groups is 5. The molecule has 6 atom stereocenters. The molecule has 192 valence electrons. The van der Waals surface area contributed by atoms with Gasteiger partial charge in [-0.2, -0.15) is 0 Å². The van der Waals surface area contributed by atoms with E-state index in [9.17, 15) is 24.0 Å². The molecule has 2 rings (SSSR count). The Morgan fingerprint density at radius 2 is 0.971 bits per heavy atom. The van der Waals surface area contributed by atoms with E-state index in [1.165, 1.54) is 21.6 Å². The van der Waals surface area contributed by atoms with Gasteiger partial charge in [-0.15, -0.1) is 0 Å². The fourth-order valence-corrected chi connectivity index (χ4v) is 5.97. The first-order chi connectivity index (χ1) is 16.0. The second-order valence-corrected chi connectivity index (χ2v) is 12.1. The zero-order valence-corrected chi connectivity index (χ0v) is 22.2. The van der Waals surface area contributed by atoms with E-state index in [0.717, 1.165) is 0 Å². The highest BCUT2D eigenvalue weighted by Gasteiger charge is 2.37. The van der Waals surface area contributed by atoms with Crippen molar-refractivity contribution in [1.29, 1.82) is 0 Å². The van der Waals surface area contributed by atoms with Gasteiger partial charge in [0.1, 0.15) is 30.2 Å². The van der Waals surface area contributed by atoms with Crippen LogP contribution in [0, 0.1) is 17.8 Å². The first-order valence-corrected chi connectivity index (χ1v) is 14.2.